The number of carboxylic acid groups (broad SMARTS) is 1. The van der Waals surface area contributed by atoms with Gasteiger partial charge in [0.2, 0.25) is 5.91 Å². The molecule has 1 aliphatic carbocycles. The number of carbonyl (C=O) groups is 3. The van der Waals surface area contributed by atoms with E-state index in [-0.39, 0.29) is 37.0 Å². The number of carbonyl (C=O) groups excluding carboxylic acids is 2. The summed E-state index contributed by atoms with van der Waals surface area (Å²) in [5, 5.41) is 11.6. The van der Waals surface area contributed by atoms with E-state index >= 15 is 0 Å². The summed E-state index contributed by atoms with van der Waals surface area (Å²) in [6, 6.07) is 22.2. The number of amides is 2. The van der Waals surface area contributed by atoms with Gasteiger partial charge in [0.15, 0.2) is 0 Å². The number of ether oxygens (including phenoxy) is 1. The molecule has 0 unspecified atom stereocenters. The standard InChI is InChI=1S/C26H24N2O5/c1-28(18-12-10-17(11-13-18)25(30)31)24(29)14-15-27-26(32)33-16-23-21-8-4-2-6-19(21)20-7-3-5-9-22(20)23/h2-13,23H,14-16H2,1H3,(H,27,32)(H,30,31). The second kappa shape index (κ2) is 9.56. The normalized spacial score (nSPS) is 11.9. The number of carboxylic acids is 1. The van der Waals surface area contributed by atoms with E-state index in [1.807, 2.05) is 24.3 Å². The van der Waals surface area contributed by atoms with Crippen molar-refractivity contribution in [2.75, 3.05) is 25.1 Å². The SMILES string of the molecule is CN(C(=O)CCNC(=O)OCC1c2ccccc2-c2ccccc21)c1ccc(C(=O)O)cc1. The Morgan fingerprint density at radius 3 is 2.06 bits per heavy atom. The van der Waals surface area contributed by atoms with Crippen LogP contribution in [0.3, 0.4) is 0 Å². The Bertz CT molecular complexity index is 1140. The summed E-state index contributed by atoms with van der Waals surface area (Å²) < 4.78 is 5.47. The predicted molar refractivity (Wildman–Crippen MR) is 125 cm³/mol. The number of nitrogens with zero attached hydrogens (tertiary/aromatic N) is 1. The van der Waals surface area contributed by atoms with Gasteiger partial charge in [-0.25, -0.2) is 9.59 Å². The molecular formula is C26H24N2O5. The summed E-state index contributed by atoms with van der Waals surface area (Å²) in [7, 11) is 1.60. The maximum absolute atomic E-state index is 12.4. The van der Waals surface area contributed by atoms with Gasteiger partial charge in [-0.05, 0) is 46.5 Å². The molecule has 4 rings (SSSR count). The summed E-state index contributed by atoms with van der Waals surface area (Å²) in [4.78, 5) is 37.0. The molecule has 0 fully saturated rings. The first-order valence-electron chi connectivity index (χ1n) is 10.6. The Morgan fingerprint density at radius 2 is 1.48 bits per heavy atom. The van der Waals surface area contributed by atoms with Crippen LogP contribution < -0.4 is 10.2 Å². The highest BCUT2D eigenvalue weighted by molar-refractivity contribution is 5.94. The third-order valence-corrected chi connectivity index (χ3v) is 5.83. The van der Waals surface area contributed by atoms with Gasteiger partial charge < -0.3 is 20.1 Å². The molecule has 0 aliphatic heterocycles. The predicted octanol–water partition coefficient (Wildman–Crippen LogP) is 4.28. The summed E-state index contributed by atoms with van der Waals surface area (Å²) in [5.41, 5.74) is 5.32. The van der Waals surface area contributed by atoms with Crippen LogP contribution in [-0.2, 0) is 9.53 Å². The number of hydrogen-bond acceptors (Lipinski definition) is 4. The van der Waals surface area contributed by atoms with Crippen molar-refractivity contribution in [2.45, 2.75) is 12.3 Å². The monoisotopic (exact) mass is 444 g/mol. The van der Waals surface area contributed by atoms with Crippen molar-refractivity contribution in [2.24, 2.45) is 0 Å². The Labute approximate surface area is 191 Å². The summed E-state index contributed by atoms with van der Waals surface area (Å²) in [6.45, 7) is 0.344. The van der Waals surface area contributed by atoms with Gasteiger partial charge in [0.1, 0.15) is 6.61 Å². The number of rotatable bonds is 7. The average molecular weight is 444 g/mol. The van der Waals surface area contributed by atoms with Crippen molar-refractivity contribution in [1.29, 1.82) is 0 Å². The maximum atomic E-state index is 12.4. The van der Waals surface area contributed by atoms with E-state index in [4.69, 9.17) is 9.84 Å². The number of fused-ring (bicyclic) bond motifs is 3. The van der Waals surface area contributed by atoms with Gasteiger partial charge in [0.05, 0.1) is 5.56 Å². The molecule has 0 atom stereocenters. The molecule has 7 heteroatoms. The third kappa shape index (κ3) is 4.72. The first-order valence-corrected chi connectivity index (χ1v) is 10.6. The quantitative estimate of drug-likeness (QED) is 0.567. The van der Waals surface area contributed by atoms with E-state index in [1.165, 1.54) is 17.0 Å². The van der Waals surface area contributed by atoms with E-state index in [2.05, 4.69) is 29.6 Å². The van der Waals surface area contributed by atoms with E-state index in [0.29, 0.717) is 5.69 Å². The minimum atomic E-state index is -1.03. The molecule has 1 aliphatic rings. The number of nitrogens with one attached hydrogen (secondary N) is 1. The fraction of sp³-hybridized carbons (Fsp3) is 0.192. The van der Waals surface area contributed by atoms with Gasteiger partial charge in [-0.1, -0.05) is 48.5 Å². The topological polar surface area (TPSA) is 95.9 Å². The molecule has 3 aromatic rings. The van der Waals surface area contributed by atoms with Crippen molar-refractivity contribution in [1.82, 2.24) is 5.32 Å². The highest BCUT2D eigenvalue weighted by Gasteiger charge is 2.29. The van der Waals surface area contributed by atoms with Gasteiger partial charge in [-0.2, -0.15) is 0 Å². The van der Waals surface area contributed by atoms with Crippen LogP contribution in [0.2, 0.25) is 0 Å². The van der Waals surface area contributed by atoms with Crippen LogP contribution in [0.5, 0.6) is 0 Å². The van der Waals surface area contributed by atoms with Crippen molar-refractivity contribution in [3.63, 3.8) is 0 Å². The molecule has 0 saturated carbocycles. The number of aromatic carboxylic acids is 1. The molecule has 0 spiro atoms. The molecule has 33 heavy (non-hydrogen) atoms. The molecular weight excluding hydrogens is 420 g/mol. The summed E-state index contributed by atoms with van der Waals surface area (Å²) in [6.07, 6.45) is -0.486. The zero-order chi connectivity index (χ0) is 23.4. The first kappa shape index (κ1) is 22.1. The van der Waals surface area contributed by atoms with E-state index in [1.54, 1.807) is 19.2 Å². The minimum absolute atomic E-state index is 0.0234. The molecule has 0 heterocycles. The number of benzene rings is 3. The van der Waals surface area contributed by atoms with Crippen molar-refractivity contribution >= 4 is 23.7 Å². The fourth-order valence-corrected chi connectivity index (χ4v) is 4.06. The zero-order valence-electron chi connectivity index (χ0n) is 18.2. The van der Waals surface area contributed by atoms with Crippen molar-refractivity contribution in [3.8, 4) is 11.1 Å². The van der Waals surface area contributed by atoms with Gasteiger partial charge in [0.25, 0.3) is 0 Å². The fourth-order valence-electron chi connectivity index (χ4n) is 4.06. The Morgan fingerprint density at radius 1 is 0.909 bits per heavy atom. The smallest absolute Gasteiger partial charge is 0.407 e. The van der Waals surface area contributed by atoms with Gasteiger partial charge in [-0.15, -0.1) is 0 Å². The molecule has 0 bridgehead atoms. The van der Waals surface area contributed by atoms with Crippen LogP contribution >= 0.6 is 0 Å². The highest BCUT2D eigenvalue weighted by atomic mass is 16.5. The van der Waals surface area contributed by atoms with Crippen LogP contribution in [-0.4, -0.2) is 43.3 Å². The minimum Gasteiger partial charge on any atom is -0.478 e. The Balaban J connectivity index is 1.27. The van der Waals surface area contributed by atoms with Gasteiger partial charge in [0, 0.05) is 31.6 Å². The van der Waals surface area contributed by atoms with Crippen molar-refractivity contribution in [3.05, 3.63) is 89.5 Å². The Kier molecular flexibility index (Phi) is 6.40. The van der Waals surface area contributed by atoms with Crippen LogP contribution in [0.4, 0.5) is 10.5 Å². The molecule has 3 aromatic carbocycles. The van der Waals surface area contributed by atoms with Crippen LogP contribution in [0, 0.1) is 0 Å². The van der Waals surface area contributed by atoms with E-state index in [0.717, 1.165) is 22.3 Å². The third-order valence-electron chi connectivity index (χ3n) is 5.83. The molecule has 2 amide bonds. The second-order valence-corrected chi connectivity index (χ2v) is 7.81. The number of hydrogen-bond donors (Lipinski definition) is 2. The largest absolute Gasteiger partial charge is 0.478 e. The molecule has 0 aromatic heterocycles. The zero-order valence-corrected chi connectivity index (χ0v) is 18.2. The summed E-state index contributed by atoms with van der Waals surface area (Å²) >= 11 is 0. The van der Waals surface area contributed by atoms with Gasteiger partial charge >= 0.3 is 12.1 Å². The first-order chi connectivity index (χ1) is 16.0. The molecule has 2 N–H and O–H groups in total. The lowest BCUT2D eigenvalue weighted by Gasteiger charge is -2.18. The summed E-state index contributed by atoms with van der Waals surface area (Å²) in [5.74, 6) is -1.26. The van der Waals surface area contributed by atoms with E-state index in [9.17, 15) is 14.4 Å². The lowest BCUT2D eigenvalue weighted by atomic mass is 9.98. The molecule has 7 nitrogen and oxygen atoms in total. The van der Waals surface area contributed by atoms with E-state index < -0.39 is 12.1 Å². The highest BCUT2D eigenvalue weighted by Crippen LogP contribution is 2.44. The molecule has 0 saturated heterocycles. The maximum Gasteiger partial charge on any atom is 0.407 e. The lowest BCUT2D eigenvalue weighted by molar-refractivity contribution is -0.118. The van der Waals surface area contributed by atoms with Gasteiger partial charge in [-0.3, -0.25) is 4.79 Å². The average Bonchev–Trinajstić information content (AvgIpc) is 3.16. The molecule has 0 radical (unpaired) electrons. The lowest BCUT2D eigenvalue weighted by Crippen LogP contribution is -2.32. The van der Waals surface area contributed by atoms with Crippen LogP contribution in [0.15, 0.2) is 72.8 Å². The number of anilines is 1. The number of alkyl carbamates (subject to hydrolysis) is 1. The van der Waals surface area contributed by atoms with Crippen LogP contribution in [0.25, 0.3) is 11.1 Å². The van der Waals surface area contributed by atoms with Crippen LogP contribution in [0.1, 0.15) is 33.8 Å². The second-order valence-electron chi connectivity index (χ2n) is 7.81. The molecule has 168 valence electrons. The Hall–Kier alpha value is -4.13. The van der Waals surface area contributed by atoms with Crippen molar-refractivity contribution < 1.29 is 24.2 Å².